The number of likely N-dealkylation sites (N-methyl/N-ethyl adjacent to an activating group) is 1. The molecule has 0 aliphatic carbocycles. The molecule has 1 aliphatic rings. The molecule has 0 aromatic rings. The predicted molar refractivity (Wildman–Crippen MR) is 48.9 cm³/mol. The second-order valence-electron chi connectivity index (χ2n) is 3.00. The summed E-state index contributed by atoms with van der Waals surface area (Å²) in [5, 5.41) is 0. The Morgan fingerprint density at radius 3 is 2.64 bits per heavy atom. The molecule has 0 saturated carbocycles. The van der Waals surface area contributed by atoms with E-state index in [9.17, 15) is 13.6 Å². The van der Waals surface area contributed by atoms with Crippen LogP contribution in [0.4, 0.5) is 0 Å². The average molecular weight is 221 g/mol. The zero-order valence-electron chi connectivity index (χ0n) is 7.97. The maximum atomic E-state index is 11.5. The Balaban J connectivity index is 2.36. The van der Waals surface area contributed by atoms with Gasteiger partial charge in [-0.1, -0.05) is 0 Å². The van der Waals surface area contributed by atoms with Crippen LogP contribution in [-0.2, 0) is 20.8 Å². The van der Waals surface area contributed by atoms with Crippen LogP contribution in [0.15, 0.2) is 0 Å². The second kappa shape index (κ2) is 5.40. The van der Waals surface area contributed by atoms with E-state index in [-0.39, 0.29) is 12.5 Å². The van der Waals surface area contributed by atoms with Gasteiger partial charge in [-0.25, -0.2) is 4.31 Å². The van der Waals surface area contributed by atoms with Gasteiger partial charge in [-0.3, -0.25) is 9.00 Å². The highest BCUT2D eigenvalue weighted by molar-refractivity contribution is 7.76. The summed E-state index contributed by atoms with van der Waals surface area (Å²) in [7, 11) is 1.36. The Morgan fingerprint density at radius 1 is 1.57 bits per heavy atom. The van der Waals surface area contributed by atoms with E-state index in [1.807, 2.05) is 0 Å². The fourth-order valence-corrected chi connectivity index (χ4v) is 1.37. The van der Waals surface area contributed by atoms with E-state index in [1.54, 1.807) is 4.90 Å². The Bertz CT molecular complexity index is 230. The molecular weight excluding hydrogens is 208 g/mol. The van der Waals surface area contributed by atoms with Gasteiger partial charge < -0.3 is 14.2 Å². The van der Waals surface area contributed by atoms with Gasteiger partial charge in [0, 0.05) is 24.4 Å². The molecule has 1 unspecified atom stereocenters. The molecule has 1 saturated heterocycles. The molecule has 0 aromatic carbocycles. The van der Waals surface area contributed by atoms with Crippen molar-refractivity contribution in [3.05, 3.63) is 0 Å². The maximum Gasteiger partial charge on any atom is 0.237 e. The quantitative estimate of drug-likeness (QED) is 0.548. The molecule has 0 aromatic heterocycles. The van der Waals surface area contributed by atoms with Crippen LogP contribution in [0.25, 0.3) is 0 Å². The minimum Gasteiger partial charge on any atom is -0.760 e. The number of ether oxygens (including phenoxy) is 1. The number of nitrogens with zero attached hydrogens (tertiary/aromatic N) is 2. The van der Waals surface area contributed by atoms with Crippen LogP contribution in [0, 0.1) is 0 Å². The summed E-state index contributed by atoms with van der Waals surface area (Å²) in [5.74, 6) is -0.181. The predicted octanol–water partition coefficient (Wildman–Crippen LogP) is -1.43. The average Bonchev–Trinajstić information content (AvgIpc) is 2.19. The molecule has 6 nitrogen and oxygen atoms in total. The van der Waals surface area contributed by atoms with Crippen LogP contribution in [0.5, 0.6) is 0 Å². The molecule has 0 N–H and O–H groups in total. The Hall–Kier alpha value is -0.500. The Labute approximate surface area is 85.2 Å². The van der Waals surface area contributed by atoms with E-state index in [4.69, 9.17) is 4.74 Å². The van der Waals surface area contributed by atoms with E-state index in [2.05, 4.69) is 0 Å². The molecule has 0 spiro atoms. The van der Waals surface area contributed by atoms with E-state index >= 15 is 0 Å². The van der Waals surface area contributed by atoms with Crippen molar-refractivity contribution in [2.45, 2.75) is 0 Å². The first-order valence-electron chi connectivity index (χ1n) is 4.27. The van der Waals surface area contributed by atoms with Crippen molar-refractivity contribution in [3.8, 4) is 0 Å². The number of morpholine rings is 1. The Morgan fingerprint density at radius 2 is 2.14 bits per heavy atom. The van der Waals surface area contributed by atoms with Gasteiger partial charge in [-0.05, 0) is 7.05 Å². The first-order chi connectivity index (χ1) is 6.61. The van der Waals surface area contributed by atoms with Gasteiger partial charge in [0.05, 0.1) is 19.8 Å². The summed E-state index contributed by atoms with van der Waals surface area (Å²) in [6.45, 7) is 2.03. The van der Waals surface area contributed by atoms with Crippen LogP contribution >= 0.6 is 0 Å². The molecule has 82 valence electrons. The summed E-state index contributed by atoms with van der Waals surface area (Å²) >= 11 is -2.33. The van der Waals surface area contributed by atoms with Gasteiger partial charge in [-0.2, -0.15) is 0 Å². The highest BCUT2D eigenvalue weighted by Crippen LogP contribution is 1.99. The summed E-state index contributed by atoms with van der Waals surface area (Å²) in [4.78, 5) is 13.1. The highest BCUT2D eigenvalue weighted by atomic mass is 32.2. The number of rotatable bonds is 3. The van der Waals surface area contributed by atoms with Crippen molar-refractivity contribution in [2.24, 2.45) is 0 Å². The zero-order chi connectivity index (χ0) is 10.6. The van der Waals surface area contributed by atoms with E-state index in [0.29, 0.717) is 26.3 Å². The molecular formula is C7H13N2O4S-. The lowest BCUT2D eigenvalue weighted by Gasteiger charge is -2.29. The lowest BCUT2D eigenvalue weighted by atomic mass is 10.4. The van der Waals surface area contributed by atoms with E-state index in [0.717, 1.165) is 4.31 Å². The number of hydrogen-bond acceptors (Lipinski definition) is 4. The van der Waals surface area contributed by atoms with Crippen molar-refractivity contribution >= 4 is 17.2 Å². The number of amides is 1. The summed E-state index contributed by atoms with van der Waals surface area (Å²) in [5.41, 5.74) is 0. The van der Waals surface area contributed by atoms with Crippen molar-refractivity contribution < 1.29 is 18.3 Å². The highest BCUT2D eigenvalue weighted by Gasteiger charge is 2.17. The molecule has 1 heterocycles. The lowest BCUT2D eigenvalue weighted by Crippen LogP contribution is -2.45. The fraction of sp³-hybridized carbons (Fsp3) is 0.857. The van der Waals surface area contributed by atoms with Crippen molar-refractivity contribution in [1.82, 2.24) is 9.21 Å². The summed E-state index contributed by atoms with van der Waals surface area (Å²) < 4.78 is 26.9. The van der Waals surface area contributed by atoms with Crippen LogP contribution in [-0.4, -0.2) is 63.8 Å². The van der Waals surface area contributed by atoms with Gasteiger partial charge in [0.15, 0.2) is 0 Å². The third kappa shape index (κ3) is 3.33. The van der Waals surface area contributed by atoms with Crippen LogP contribution in [0.2, 0.25) is 0 Å². The molecule has 1 amide bonds. The van der Waals surface area contributed by atoms with Crippen molar-refractivity contribution in [2.75, 3.05) is 39.9 Å². The van der Waals surface area contributed by atoms with Gasteiger partial charge in [0.1, 0.15) is 0 Å². The molecule has 7 heteroatoms. The number of carbonyl (C=O) groups excluding carboxylic acids is 1. The molecule has 1 fully saturated rings. The van der Waals surface area contributed by atoms with Gasteiger partial charge in [0.25, 0.3) is 0 Å². The Kier molecular flexibility index (Phi) is 4.46. The monoisotopic (exact) mass is 221 g/mol. The van der Waals surface area contributed by atoms with Crippen molar-refractivity contribution in [1.29, 1.82) is 0 Å². The fourth-order valence-electron chi connectivity index (χ4n) is 1.16. The third-order valence-corrected chi connectivity index (χ3v) is 2.61. The van der Waals surface area contributed by atoms with Crippen LogP contribution in [0.3, 0.4) is 0 Å². The van der Waals surface area contributed by atoms with Gasteiger partial charge in [-0.15, -0.1) is 0 Å². The van der Waals surface area contributed by atoms with E-state index in [1.165, 1.54) is 7.05 Å². The second-order valence-corrected chi connectivity index (χ2v) is 4.05. The molecule has 0 bridgehead atoms. The van der Waals surface area contributed by atoms with Crippen molar-refractivity contribution in [3.63, 3.8) is 0 Å². The lowest BCUT2D eigenvalue weighted by molar-refractivity contribution is -0.135. The summed E-state index contributed by atoms with van der Waals surface area (Å²) in [6.07, 6.45) is 0. The molecule has 14 heavy (non-hydrogen) atoms. The molecule has 0 radical (unpaired) electrons. The first kappa shape index (κ1) is 11.6. The molecule has 1 aliphatic heterocycles. The maximum absolute atomic E-state index is 11.5. The SMILES string of the molecule is CN(CC(=O)N1CCOCC1)S(=O)[O-]. The minimum absolute atomic E-state index is 0.101. The molecule has 1 atom stereocenters. The largest absolute Gasteiger partial charge is 0.760 e. The normalized spacial score (nSPS) is 19.8. The smallest absolute Gasteiger partial charge is 0.237 e. The van der Waals surface area contributed by atoms with E-state index < -0.39 is 11.3 Å². The zero-order valence-corrected chi connectivity index (χ0v) is 8.79. The first-order valence-corrected chi connectivity index (χ1v) is 5.30. The van der Waals surface area contributed by atoms with Crippen LogP contribution in [0.1, 0.15) is 0 Å². The topological polar surface area (TPSA) is 72.9 Å². The number of hydrogen-bond donors (Lipinski definition) is 0. The van der Waals surface area contributed by atoms with Gasteiger partial charge >= 0.3 is 0 Å². The third-order valence-electron chi connectivity index (χ3n) is 1.98. The summed E-state index contributed by atoms with van der Waals surface area (Å²) in [6, 6.07) is 0. The molecule has 1 rings (SSSR count). The van der Waals surface area contributed by atoms with Crippen LogP contribution < -0.4 is 0 Å². The minimum atomic E-state index is -2.33. The standard InChI is InChI=1S/C7H14N2O4S/c1-8(14(11)12)6-7(10)9-2-4-13-5-3-9/h2-6H2,1H3,(H,11,12)/p-1. The number of carbonyl (C=O) groups is 1. The van der Waals surface area contributed by atoms with Gasteiger partial charge in [0.2, 0.25) is 5.91 Å².